The number of hydrogen-bond acceptors (Lipinski definition) is 7. The number of aromatic hydroxyl groups is 2. The minimum atomic E-state index is -1.49. The van der Waals surface area contributed by atoms with E-state index in [0.29, 0.717) is 28.3 Å². The smallest absolute Gasteiger partial charge is 0.246 e. The first-order chi connectivity index (χ1) is 25.1. The van der Waals surface area contributed by atoms with Crippen LogP contribution in [0, 0.1) is 23.7 Å². The van der Waals surface area contributed by atoms with Crippen LogP contribution in [0.25, 0.3) is 0 Å². The van der Waals surface area contributed by atoms with E-state index < -0.39 is 46.8 Å². The highest BCUT2D eigenvalue weighted by atomic mass is 35.5. The van der Waals surface area contributed by atoms with E-state index >= 15 is 4.79 Å². The molecule has 11 heteroatoms. The van der Waals surface area contributed by atoms with E-state index in [-0.39, 0.29) is 53.5 Å². The molecule has 3 fully saturated rings. The molecule has 52 heavy (non-hydrogen) atoms. The number of ether oxygens (including phenoxy) is 1. The molecule has 0 unspecified atom stereocenters. The van der Waals surface area contributed by atoms with Crippen LogP contribution in [0.3, 0.4) is 0 Å². The maximum absolute atomic E-state index is 15.4. The number of methoxy groups -OCH3 is 1. The summed E-state index contributed by atoms with van der Waals surface area (Å²) in [6.45, 7) is 0.170. The van der Waals surface area contributed by atoms with Gasteiger partial charge in [0.05, 0.1) is 41.0 Å². The Bertz CT molecular complexity index is 2170. The second-order valence-corrected chi connectivity index (χ2v) is 14.7. The van der Waals surface area contributed by atoms with Crippen LogP contribution in [0.2, 0.25) is 10.0 Å². The quantitative estimate of drug-likeness (QED) is 0.158. The molecule has 8 rings (SSSR count). The molecule has 9 nitrogen and oxygen atoms in total. The first-order valence-corrected chi connectivity index (χ1v) is 17.9. The van der Waals surface area contributed by atoms with Gasteiger partial charge >= 0.3 is 0 Å². The number of phenols is 2. The molecule has 1 saturated carbocycles. The number of halogens is 2. The summed E-state index contributed by atoms with van der Waals surface area (Å²) in [6, 6.07) is 25.6. The van der Waals surface area contributed by atoms with Gasteiger partial charge < -0.3 is 14.9 Å². The van der Waals surface area contributed by atoms with Crippen molar-refractivity contribution in [3.63, 3.8) is 0 Å². The highest BCUT2D eigenvalue weighted by molar-refractivity contribution is 6.33. The minimum absolute atomic E-state index is 0.00140. The molecule has 2 saturated heterocycles. The van der Waals surface area contributed by atoms with Crippen LogP contribution in [-0.4, -0.2) is 52.4 Å². The van der Waals surface area contributed by atoms with E-state index in [9.17, 15) is 24.6 Å². The first kappa shape index (κ1) is 34.0. The minimum Gasteiger partial charge on any atom is -0.508 e. The second-order valence-electron chi connectivity index (χ2n) is 13.9. The van der Waals surface area contributed by atoms with Crippen LogP contribution in [-0.2, 0) is 31.0 Å². The average molecular weight is 738 g/mol. The normalized spacial score (nSPS) is 26.6. The monoisotopic (exact) mass is 736 g/mol. The molecule has 2 aliphatic heterocycles. The Morgan fingerprint density at radius 3 is 2.31 bits per heavy atom. The van der Waals surface area contributed by atoms with Gasteiger partial charge in [-0.2, -0.15) is 0 Å². The number of likely N-dealkylation sites (tertiary alicyclic amines) is 1. The summed E-state index contributed by atoms with van der Waals surface area (Å²) in [5.74, 6) is -5.20. The molecule has 0 spiro atoms. The van der Waals surface area contributed by atoms with Crippen LogP contribution in [0.1, 0.15) is 35.4 Å². The summed E-state index contributed by atoms with van der Waals surface area (Å²) >= 11 is 13.0. The summed E-state index contributed by atoms with van der Waals surface area (Å²) in [5, 5.41) is 20.9. The summed E-state index contributed by atoms with van der Waals surface area (Å²) in [5.41, 5.74) is 1.60. The zero-order chi connectivity index (χ0) is 36.5. The number of benzene rings is 4. The molecule has 4 aromatic carbocycles. The average Bonchev–Trinajstić information content (AvgIpc) is 3.53. The first-order valence-electron chi connectivity index (χ1n) is 17.1. The topological polar surface area (TPSA) is 124 Å². The van der Waals surface area contributed by atoms with E-state index in [1.54, 1.807) is 60.7 Å². The molecule has 2 N–H and O–H groups in total. The van der Waals surface area contributed by atoms with Crippen molar-refractivity contribution in [2.24, 2.45) is 23.7 Å². The molecule has 4 aliphatic rings. The number of imide groups is 2. The van der Waals surface area contributed by atoms with Gasteiger partial charge in [-0.25, -0.2) is 4.90 Å². The summed E-state index contributed by atoms with van der Waals surface area (Å²) < 4.78 is 5.53. The van der Waals surface area contributed by atoms with Crippen LogP contribution in [0.5, 0.6) is 17.2 Å². The Morgan fingerprint density at radius 1 is 0.846 bits per heavy atom. The van der Waals surface area contributed by atoms with E-state index in [1.807, 2.05) is 36.4 Å². The largest absolute Gasteiger partial charge is 0.508 e. The van der Waals surface area contributed by atoms with Crippen molar-refractivity contribution in [3.8, 4) is 17.2 Å². The molecule has 0 aromatic heterocycles. The van der Waals surface area contributed by atoms with Gasteiger partial charge in [0.1, 0.15) is 5.75 Å². The molecular formula is C41H34Cl2N2O7. The lowest BCUT2D eigenvalue weighted by atomic mass is 9.49. The van der Waals surface area contributed by atoms with Gasteiger partial charge in [0, 0.05) is 17.5 Å². The lowest BCUT2D eigenvalue weighted by molar-refractivity contribution is -0.140. The van der Waals surface area contributed by atoms with Crippen molar-refractivity contribution in [1.82, 2.24) is 4.90 Å². The fraction of sp³-hybridized carbons (Fsp3) is 0.268. The maximum atomic E-state index is 15.4. The number of carbonyl (C=O) groups is 4. The van der Waals surface area contributed by atoms with Crippen molar-refractivity contribution in [1.29, 1.82) is 0 Å². The van der Waals surface area contributed by atoms with E-state index in [1.165, 1.54) is 16.9 Å². The number of allylic oxidation sites excluding steroid dienone is 2. The van der Waals surface area contributed by atoms with Crippen molar-refractivity contribution in [2.45, 2.75) is 30.6 Å². The molecular weight excluding hydrogens is 703 g/mol. The number of fused-ring (bicyclic) bond motifs is 4. The van der Waals surface area contributed by atoms with Crippen LogP contribution in [0.15, 0.2) is 103 Å². The number of phenolic OH excluding ortho intramolecular Hbond substituents is 2. The number of nitrogens with zero attached hydrogens (tertiary/aromatic N) is 2. The summed E-state index contributed by atoms with van der Waals surface area (Å²) in [4.78, 5) is 61.2. The Morgan fingerprint density at radius 2 is 1.60 bits per heavy atom. The molecule has 0 radical (unpaired) electrons. The standard InChI is InChI=1S/C41H34Cl2N2O7/c1-52-33-19-23(18-32(43)36(33)47)35-28-14-15-29-34(39(50)44(37(29)48)17-16-22-10-12-27(46)13-11-22)30(28)21-31-38(49)45(26-9-5-8-25(42)20-26)40(51)41(31,35)24-6-3-2-4-7-24/h2-14,18-20,29-31,34-35,46-47H,15-17,21H2,1H3/t29-,30+,31-,34-,35-,41+/m0/s1. The number of amides is 4. The van der Waals surface area contributed by atoms with Gasteiger partial charge in [-0.3, -0.25) is 24.1 Å². The van der Waals surface area contributed by atoms with Gasteiger partial charge in [-0.15, -0.1) is 0 Å². The summed E-state index contributed by atoms with van der Waals surface area (Å²) in [7, 11) is 1.40. The molecule has 4 aromatic rings. The highest BCUT2D eigenvalue weighted by Crippen LogP contribution is 2.65. The van der Waals surface area contributed by atoms with Crippen molar-refractivity contribution < 1.29 is 34.1 Å². The zero-order valence-electron chi connectivity index (χ0n) is 28.0. The van der Waals surface area contributed by atoms with Gasteiger partial charge in [-0.05, 0) is 84.3 Å². The second kappa shape index (κ2) is 12.8. The molecule has 4 amide bonds. The van der Waals surface area contributed by atoms with Gasteiger partial charge in [0.15, 0.2) is 11.5 Å². The van der Waals surface area contributed by atoms with E-state index in [0.717, 1.165) is 11.1 Å². The van der Waals surface area contributed by atoms with Crippen LogP contribution >= 0.6 is 23.2 Å². The predicted molar refractivity (Wildman–Crippen MR) is 194 cm³/mol. The maximum Gasteiger partial charge on any atom is 0.246 e. The number of rotatable bonds is 7. The molecule has 2 aliphatic carbocycles. The fourth-order valence-electron chi connectivity index (χ4n) is 9.22. The number of anilines is 1. The third kappa shape index (κ3) is 5.04. The Labute approximate surface area is 310 Å². The molecule has 0 bridgehead atoms. The lowest BCUT2D eigenvalue weighted by Crippen LogP contribution is -2.53. The summed E-state index contributed by atoms with van der Waals surface area (Å²) in [6.07, 6.45) is 2.80. The third-order valence-corrected chi connectivity index (χ3v) is 11.9. The zero-order valence-corrected chi connectivity index (χ0v) is 29.6. The lowest BCUT2D eigenvalue weighted by Gasteiger charge is -2.50. The number of carbonyl (C=O) groups excluding carboxylic acids is 4. The molecule has 6 atom stereocenters. The number of hydrogen-bond donors (Lipinski definition) is 2. The molecule has 2 heterocycles. The van der Waals surface area contributed by atoms with Crippen LogP contribution in [0.4, 0.5) is 5.69 Å². The van der Waals surface area contributed by atoms with Crippen molar-refractivity contribution in [3.05, 3.63) is 129 Å². The van der Waals surface area contributed by atoms with E-state index in [4.69, 9.17) is 27.9 Å². The highest BCUT2D eigenvalue weighted by Gasteiger charge is 2.70. The van der Waals surface area contributed by atoms with Crippen molar-refractivity contribution >= 4 is 52.5 Å². The SMILES string of the molecule is COc1cc([C@H]2C3=CC[C@@H]4C(=O)N(CCc5ccc(O)cc5)C(=O)[C@@H]4[C@@H]3C[C@H]3C(=O)N(c4cccc(Cl)c4)C(=O)[C@@]23c2ccccc2)cc(Cl)c1O. The van der Waals surface area contributed by atoms with Gasteiger partial charge in [0.2, 0.25) is 23.6 Å². The van der Waals surface area contributed by atoms with Crippen molar-refractivity contribution in [2.75, 3.05) is 18.6 Å². The predicted octanol–water partition coefficient (Wildman–Crippen LogP) is 6.82. The van der Waals surface area contributed by atoms with Gasteiger partial charge in [-0.1, -0.05) is 83.4 Å². The Hall–Kier alpha value is -5.12. The van der Waals surface area contributed by atoms with Crippen LogP contribution < -0.4 is 9.64 Å². The van der Waals surface area contributed by atoms with E-state index in [2.05, 4.69) is 0 Å². The third-order valence-electron chi connectivity index (χ3n) is 11.4. The fourth-order valence-corrected chi connectivity index (χ4v) is 9.63. The Kier molecular flexibility index (Phi) is 8.38. The molecule has 264 valence electrons. The Balaban J connectivity index is 1.30. The van der Waals surface area contributed by atoms with Gasteiger partial charge in [0.25, 0.3) is 0 Å².